The average Bonchev–Trinajstić information content (AvgIpc) is 3.04. The lowest BCUT2D eigenvalue weighted by atomic mass is 10.2. The number of carbonyl (C=O) groups excluding carboxylic acids is 1. The van der Waals surface area contributed by atoms with Gasteiger partial charge in [0.05, 0.1) is 16.2 Å². The van der Waals surface area contributed by atoms with Gasteiger partial charge in [-0.15, -0.1) is 0 Å². The molecule has 0 atom stereocenters. The van der Waals surface area contributed by atoms with Crippen LogP contribution in [0.1, 0.15) is 10.5 Å². The molecule has 7 nitrogen and oxygen atoms in total. The zero-order chi connectivity index (χ0) is 18.1. The second-order valence-electron chi connectivity index (χ2n) is 5.41. The normalized spacial score (nSPS) is 10.6. The number of guanidine groups is 1. The van der Waals surface area contributed by atoms with E-state index in [0.29, 0.717) is 33.1 Å². The summed E-state index contributed by atoms with van der Waals surface area (Å²) >= 11 is 6.23. The van der Waals surface area contributed by atoms with Crippen LogP contribution in [0.3, 0.4) is 0 Å². The van der Waals surface area contributed by atoms with Crippen molar-refractivity contribution in [3.05, 3.63) is 53.2 Å². The Morgan fingerprint density at radius 1 is 1.24 bits per heavy atom. The van der Waals surface area contributed by atoms with Crippen molar-refractivity contribution in [2.75, 3.05) is 12.8 Å². The number of benzene rings is 2. The van der Waals surface area contributed by atoms with Gasteiger partial charge in [-0.3, -0.25) is 15.1 Å². The summed E-state index contributed by atoms with van der Waals surface area (Å²) in [4.78, 5) is 16.4. The second kappa shape index (κ2) is 6.37. The molecule has 2 aromatic carbocycles. The SMILES string of the molecule is CN(C(=N)N)C(=O)c1cc2c(Cl)ccc(Oc3ccccc3N)c2[nH]1. The van der Waals surface area contributed by atoms with Crippen molar-refractivity contribution < 1.29 is 9.53 Å². The third-order valence-electron chi connectivity index (χ3n) is 3.74. The number of amides is 1. The number of hydrogen-bond acceptors (Lipinski definition) is 4. The van der Waals surface area contributed by atoms with Crippen molar-refractivity contribution in [2.24, 2.45) is 5.73 Å². The van der Waals surface area contributed by atoms with E-state index in [1.807, 2.05) is 12.1 Å². The van der Waals surface area contributed by atoms with Crippen LogP contribution in [-0.2, 0) is 0 Å². The van der Waals surface area contributed by atoms with Gasteiger partial charge in [-0.1, -0.05) is 23.7 Å². The molecule has 1 heterocycles. The summed E-state index contributed by atoms with van der Waals surface area (Å²) in [6.07, 6.45) is 0. The zero-order valence-electron chi connectivity index (χ0n) is 13.3. The maximum absolute atomic E-state index is 12.4. The summed E-state index contributed by atoms with van der Waals surface area (Å²) in [5, 5.41) is 8.46. The number of nitrogens with two attached hydrogens (primary N) is 2. The van der Waals surface area contributed by atoms with Crippen LogP contribution in [0.15, 0.2) is 42.5 Å². The quantitative estimate of drug-likeness (QED) is 0.327. The van der Waals surface area contributed by atoms with Crippen molar-refractivity contribution in [1.82, 2.24) is 9.88 Å². The van der Waals surface area contributed by atoms with Crippen molar-refractivity contribution in [3.63, 3.8) is 0 Å². The molecule has 0 saturated carbocycles. The number of rotatable bonds is 3. The van der Waals surface area contributed by atoms with E-state index in [0.717, 1.165) is 4.90 Å². The number of halogens is 1. The topological polar surface area (TPSA) is 121 Å². The minimum atomic E-state index is -0.454. The molecule has 0 fully saturated rings. The molecule has 0 aliphatic heterocycles. The minimum absolute atomic E-state index is 0.242. The van der Waals surface area contributed by atoms with E-state index in [-0.39, 0.29) is 11.7 Å². The minimum Gasteiger partial charge on any atom is -0.453 e. The number of nitrogen functional groups attached to an aromatic ring is 1. The molecule has 3 aromatic rings. The molecule has 25 heavy (non-hydrogen) atoms. The Bertz CT molecular complexity index is 982. The van der Waals surface area contributed by atoms with Gasteiger partial charge in [0.25, 0.3) is 5.91 Å². The van der Waals surface area contributed by atoms with Crippen LogP contribution in [0, 0.1) is 5.41 Å². The van der Waals surface area contributed by atoms with Crippen molar-refractivity contribution in [3.8, 4) is 11.5 Å². The first-order valence-electron chi connectivity index (χ1n) is 7.34. The summed E-state index contributed by atoms with van der Waals surface area (Å²) in [5.41, 5.74) is 12.6. The van der Waals surface area contributed by atoms with Gasteiger partial charge in [-0.25, -0.2) is 0 Å². The number of anilines is 1. The van der Waals surface area contributed by atoms with E-state index >= 15 is 0 Å². The van der Waals surface area contributed by atoms with Gasteiger partial charge < -0.3 is 21.2 Å². The molecular formula is C17H16ClN5O2. The van der Waals surface area contributed by atoms with Crippen LogP contribution in [0.25, 0.3) is 10.9 Å². The third kappa shape index (κ3) is 3.09. The van der Waals surface area contributed by atoms with E-state index < -0.39 is 5.91 Å². The molecule has 1 aromatic heterocycles. The third-order valence-corrected chi connectivity index (χ3v) is 4.07. The number of fused-ring (bicyclic) bond motifs is 1. The van der Waals surface area contributed by atoms with Crippen LogP contribution in [0.2, 0.25) is 5.02 Å². The number of nitrogens with one attached hydrogen (secondary N) is 2. The largest absolute Gasteiger partial charge is 0.453 e. The number of hydrogen-bond donors (Lipinski definition) is 4. The van der Waals surface area contributed by atoms with Crippen molar-refractivity contribution >= 4 is 40.1 Å². The highest BCUT2D eigenvalue weighted by molar-refractivity contribution is 6.36. The molecule has 0 saturated heterocycles. The highest BCUT2D eigenvalue weighted by Gasteiger charge is 2.19. The Kier molecular flexibility index (Phi) is 4.24. The van der Waals surface area contributed by atoms with E-state index in [9.17, 15) is 4.79 Å². The van der Waals surface area contributed by atoms with Gasteiger partial charge in [0.15, 0.2) is 11.7 Å². The lowest BCUT2D eigenvalue weighted by molar-refractivity contribution is 0.0864. The molecule has 1 amide bonds. The molecule has 3 rings (SSSR count). The van der Waals surface area contributed by atoms with Crippen LogP contribution in [-0.4, -0.2) is 28.8 Å². The number of aromatic nitrogens is 1. The first kappa shape index (κ1) is 16.7. The Labute approximate surface area is 148 Å². The zero-order valence-corrected chi connectivity index (χ0v) is 14.1. The first-order valence-corrected chi connectivity index (χ1v) is 7.72. The maximum atomic E-state index is 12.4. The van der Waals surface area contributed by atoms with E-state index in [1.54, 1.807) is 30.3 Å². The summed E-state index contributed by atoms with van der Waals surface area (Å²) in [6, 6.07) is 12.1. The lowest BCUT2D eigenvalue weighted by Crippen LogP contribution is -2.38. The maximum Gasteiger partial charge on any atom is 0.276 e. The molecular weight excluding hydrogens is 342 g/mol. The Hall–Kier alpha value is -3.19. The van der Waals surface area contributed by atoms with Gasteiger partial charge in [-0.2, -0.15) is 0 Å². The molecule has 6 N–H and O–H groups in total. The molecule has 8 heteroatoms. The monoisotopic (exact) mass is 357 g/mol. The van der Waals surface area contributed by atoms with E-state index in [2.05, 4.69) is 4.98 Å². The lowest BCUT2D eigenvalue weighted by Gasteiger charge is -2.13. The van der Waals surface area contributed by atoms with Gasteiger partial charge in [0, 0.05) is 12.4 Å². The Morgan fingerprint density at radius 3 is 2.64 bits per heavy atom. The molecule has 0 bridgehead atoms. The Morgan fingerprint density at radius 2 is 1.96 bits per heavy atom. The standard InChI is InChI=1S/C17H16ClN5O2/c1-23(17(20)21)16(24)12-8-9-10(18)6-7-14(15(9)22-12)25-13-5-3-2-4-11(13)19/h2-8,22H,19H2,1H3,(H3,20,21). The van der Waals surface area contributed by atoms with Crippen LogP contribution in [0.5, 0.6) is 11.5 Å². The number of aromatic amines is 1. The molecule has 0 spiro atoms. The van der Waals surface area contributed by atoms with Gasteiger partial charge >= 0.3 is 0 Å². The number of nitrogens with zero attached hydrogens (tertiary/aromatic N) is 1. The molecule has 0 aliphatic carbocycles. The van der Waals surface area contributed by atoms with E-state index in [1.165, 1.54) is 7.05 Å². The molecule has 0 aliphatic rings. The van der Waals surface area contributed by atoms with E-state index in [4.69, 9.17) is 33.2 Å². The van der Waals surface area contributed by atoms with Crippen LogP contribution in [0.4, 0.5) is 5.69 Å². The molecule has 0 radical (unpaired) electrons. The van der Waals surface area contributed by atoms with Crippen molar-refractivity contribution in [1.29, 1.82) is 5.41 Å². The number of carbonyl (C=O) groups is 1. The highest BCUT2D eigenvalue weighted by Crippen LogP contribution is 2.36. The summed E-state index contributed by atoms with van der Waals surface area (Å²) < 4.78 is 5.87. The summed E-state index contributed by atoms with van der Waals surface area (Å²) in [6.45, 7) is 0. The fraction of sp³-hybridized carbons (Fsp3) is 0.0588. The number of para-hydroxylation sites is 2. The smallest absolute Gasteiger partial charge is 0.276 e. The van der Waals surface area contributed by atoms with Gasteiger partial charge in [0.2, 0.25) is 0 Å². The highest BCUT2D eigenvalue weighted by atomic mass is 35.5. The second-order valence-corrected chi connectivity index (χ2v) is 5.81. The van der Waals surface area contributed by atoms with Crippen LogP contribution < -0.4 is 16.2 Å². The molecule has 0 unspecified atom stereocenters. The van der Waals surface area contributed by atoms with Crippen molar-refractivity contribution in [2.45, 2.75) is 0 Å². The van der Waals surface area contributed by atoms with Crippen LogP contribution >= 0.6 is 11.6 Å². The predicted octanol–water partition coefficient (Wildman–Crippen LogP) is 3.16. The summed E-state index contributed by atoms with van der Waals surface area (Å²) in [7, 11) is 1.42. The molecule has 128 valence electrons. The Balaban J connectivity index is 2.06. The summed E-state index contributed by atoms with van der Waals surface area (Å²) in [5.74, 6) is 0.157. The van der Waals surface area contributed by atoms with Gasteiger partial charge in [-0.05, 0) is 30.3 Å². The average molecular weight is 358 g/mol. The predicted molar refractivity (Wildman–Crippen MR) is 98.2 cm³/mol. The fourth-order valence-corrected chi connectivity index (χ4v) is 2.55. The number of ether oxygens (including phenoxy) is 1. The first-order chi connectivity index (χ1) is 11.9. The van der Waals surface area contributed by atoms with Gasteiger partial charge in [0.1, 0.15) is 11.4 Å². The number of H-pyrrole nitrogens is 1. The fourth-order valence-electron chi connectivity index (χ4n) is 2.34.